The maximum absolute atomic E-state index is 11.9. The van der Waals surface area contributed by atoms with Crippen molar-refractivity contribution in [3.8, 4) is 23.8 Å². The van der Waals surface area contributed by atoms with E-state index in [0.717, 1.165) is 0 Å². The smallest absolute Gasteiger partial charge is 0.338 e. The summed E-state index contributed by atoms with van der Waals surface area (Å²) < 4.78 is 15.3. The molecule has 0 aliphatic carbocycles. The standard InChI is InChI=1S/C15H16ClNO5/c1-4-6-17-13(18)9-22-15(19)10-7-11(16)14(21-5-2)12(8-10)20-3/h1,7-8H,5-6,9H2,2-3H3,(H,17,18). The molecule has 0 spiro atoms. The highest BCUT2D eigenvalue weighted by Crippen LogP contribution is 2.36. The number of methoxy groups -OCH3 is 1. The molecule has 0 heterocycles. The fourth-order valence-corrected chi connectivity index (χ4v) is 1.80. The summed E-state index contributed by atoms with van der Waals surface area (Å²) in [5, 5.41) is 2.59. The minimum atomic E-state index is -0.709. The number of carbonyl (C=O) groups is 2. The van der Waals surface area contributed by atoms with Crippen LogP contribution in [-0.2, 0) is 9.53 Å². The molecule has 0 fully saturated rings. The Hall–Kier alpha value is -2.39. The highest BCUT2D eigenvalue weighted by molar-refractivity contribution is 6.32. The summed E-state index contributed by atoms with van der Waals surface area (Å²) in [7, 11) is 1.43. The Labute approximate surface area is 133 Å². The van der Waals surface area contributed by atoms with Crippen LogP contribution in [0.2, 0.25) is 5.02 Å². The Morgan fingerprint density at radius 2 is 2.14 bits per heavy atom. The molecule has 0 aliphatic heterocycles. The third-order valence-electron chi connectivity index (χ3n) is 2.48. The van der Waals surface area contributed by atoms with E-state index in [1.165, 1.54) is 19.2 Å². The number of hydrogen-bond donors (Lipinski definition) is 1. The van der Waals surface area contributed by atoms with Crippen LogP contribution in [0.1, 0.15) is 17.3 Å². The van der Waals surface area contributed by atoms with Gasteiger partial charge in [0.05, 0.1) is 30.8 Å². The van der Waals surface area contributed by atoms with Gasteiger partial charge in [-0.2, -0.15) is 0 Å². The SMILES string of the molecule is C#CCNC(=O)COC(=O)c1cc(Cl)c(OCC)c(OC)c1. The molecule has 0 aromatic heterocycles. The van der Waals surface area contributed by atoms with Crippen LogP contribution in [0.4, 0.5) is 0 Å². The molecule has 1 amide bonds. The van der Waals surface area contributed by atoms with Gasteiger partial charge in [-0.25, -0.2) is 4.79 Å². The summed E-state index contributed by atoms with van der Waals surface area (Å²) in [5.41, 5.74) is 0.148. The lowest BCUT2D eigenvalue weighted by molar-refractivity contribution is -0.123. The second kappa shape index (κ2) is 8.80. The van der Waals surface area contributed by atoms with Gasteiger partial charge in [0.1, 0.15) is 0 Å². The first-order valence-electron chi connectivity index (χ1n) is 6.41. The lowest BCUT2D eigenvalue weighted by Gasteiger charge is -2.12. The molecule has 1 N–H and O–H groups in total. The number of terminal acetylenes is 1. The van der Waals surface area contributed by atoms with E-state index >= 15 is 0 Å². The average Bonchev–Trinajstić information content (AvgIpc) is 2.52. The molecule has 0 radical (unpaired) electrons. The first kappa shape index (κ1) is 17.7. The largest absolute Gasteiger partial charge is 0.493 e. The third-order valence-corrected chi connectivity index (χ3v) is 2.76. The molecule has 6 nitrogen and oxygen atoms in total. The molecule has 0 atom stereocenters. The first-order chi connectivity index (χ1) is 10.5. The molecule has 0 unspecified atom stereocenters. The molecule has 1 aromatic rings. The molecule has 22 heavy (non-hydrogen) atoms. The van der Waals surface area contributed by atoms with Crippen LogP contribution in [0, 0.1) is 12.3 Å². The van der Waals surface area contributed by atoms with Crippen molar-refractivity contribution in [2.24, 2.45) is 0 Å². The summed E-state index contributed by atoms with van der Waals surface area (Å²) in [4.78, 5) is 23.2. The number of benzene rings is 1. The van der Waals surface area contributed by atoms with E-state index < -0.39 is 18.5 Å². The van der Waals surface area contributed by atoms with Crippen molar-refractivity contribution in [2.45, 2.75) is 6.92 Å². The lowest BCUT2D eigenvalue weighted by atomic mass is 10.2. The summed E-state index contributed by atoms with van der Waals surface area (Å²) in [6.45, 7) is 1.83. The molecule has 0 aliphatic rings. The van der Waals surface area contributed by atoms with E-state index in [0.29, 0.717) is 18.1 Å². The molecule has 0 saturated heterocycles. The third kappa shape index (κ3) is 4.86. The van der Waals surface area contributed by atoms with E-state index in [1.54, 1.807) is 6.92 Å². The predicted molar refractivity (Wildman–Crippen MR) is 81.3 cm³/mol. The minimum Gasteiger partial charge on any atom is -0.493 e. The van der Waals surface area contributed by atoms with Crippen molar-refractivity contribution in [3.05, 3.63) is 22.7 Å². The lowest BCUT2D eigenvalue weighted by Crippen LogP contribution is -2.29. The van der Waals surface area contributed by atoms with Crippen molar-refractivity contribution in [1.82, 2.24) is 5.32 Å². The van der Waals surface area contributed by atoms with Gasteiger partial charge in [-0.05, 0) is 19.1 Å². The van der Waals surface area contributed by atoms with Gasteiger partial charge in [0.25, 0.3) is 5.91 Å². The Morgan fingerprint density at radius 1 is 1.41 bits per heavy atom. The number of esters is 1. The number of ether oxygens (including phenoxy) is 3. The van der Waals surface area contributed by atoms with Crippen molar-refractivity contribution in [3.63, 3.8) is 0 Å². The molecule has 7 heteroatoms. The number of amides is 1. The zero-order valence-corrected chi connectivity index (χ0v) is 13.0. The summed E-state index contributed by atoms with van der Waals surface area (Å²) in [5.74, 6) is 1.69. The van der Waals surface area contributed by atoms with Crippen LogP contribution in [0.25, 0.3) is 0 Å². The van der Waals surface area contributed by atoms with Gasteiger partial charge >= 0.3 is 5.97 Å². The second-order valence-electron chi connectivity index (χ2n) is 3.98. The topological polar surface area (TPSA) is 73.9 Å². The maximum atomic E-state index is 11.9. The Morgan fingerprint density at radius 3 is 2.73 bits per heavy atom. The molecule has 118 valence electrons. The molecule has 0 saturated carbocycles. The fraction of sp³-hybridized carbons (Fsp3) is 0.333. The summed E-state index contributed by atoms with van der Waals surface area (Å²) in [6, 6.07) is 2.81. The van der Waals surface area contributed by atoms with E-state index in [9.17, 15) is 9.59 Å². The minimum absolute atomic E-state index is 0.0685. The highest BCUT2D eigenvalue weighted by atomic mass is 35.5. The predicted octanol–water partition coefficient (Wildman–Crippen LogP) is 1.65. The quantitative estimate of drug-likeness (QED) is 0.609. The number of nitrogens with one attached hydrogen (secondary N) is 1. The molecule has 0 bridgehead atoms. The van der Waals surface area contributed by atoms with Crippen LogP contribution < -0.4 is 14.8 Å². The highest BCUT2D eigenvalue weighted by Gasteiger charge is 2.17. The summed E-state index contributed by atoms with van der Waals surface area (Å²) in [6.07, 6.45) is 5.00. The molecule has 1 rings (SSSR count). The number of rotatable bonds is 7. The zero-order chi connectivity index (χ0) is 16.5. The van der Waals surface area contributed by atoms with Crippen LogP contribution >= 0.6 is 11.6 Å². The van der Waals surface area contributed by atoms with Gasteiger partial charge < -0.3 is 19.5 Å². The first-order valence-corrected chi connectivity index (χ1v) is 6.78. The van der Waals surface area contributed by atoms with Gasteiger partial charge in [0, 0.05) is 0 Å². The fourth-order valence-electron chi connectivity index (χ4n) is 1.54. The van der Waals surface area contributed by atoms with Crippen molar-refractivity contribution in [1.29, 1.82) is 0 Å². The van der Waals surface area contributed by atoms with Crippen LogP contribution in [0.5, 0.6) is 11.5 Å². The summed E-state index contributed by atoms with van der Waals surface area (Å²) >= 11 is 6.05. The van der Waals surface area contributed by atoms with Gasteiger partial charge in [-0.3, -0.25) is 4.79 Å². The van der Waals surface area contributed by atoms with Gasteiger partial charge in [0.15, 0.2) is 18.1 Å². The van der Waals surface area contributed by atoms with Gasteiger partial charge in [-0.1, -0.05) is 17.5 Å². The maximum Gasteiger partial charge on any atom is 0.338 e. The van der Waals surface area contributed by atoms with Crippen LogP contribution in [0.3, 0.4) is 0 Å². The van der Waals surface area contributed by atoms with Gasteiger partial charge in [0.2, 0.25) is 0 Å². The number of carbonyl (C=O) groups excluding carboxylic acids is 2. The van der Waals surface area contributed by atoms with Crippen molar-refractivity contribution >= 4 is 23.5 Å². The Balaban J connectivity index is 2.80. The van der Waals surface area contributed by atoms with E-state index in [1.807, 2.05) is 0 Å². The normalized spacial score (nSPS) is 9.55. The van der Waals surface area contributed by atoms with Crippen LogP contribution in [-0.4, -0.2) is 38.7 Å². The second-order valence-corrected chi connectivity index (χ2v) is 4.39. The monoisotopic (exact) mass is 325 g/mol. The number of hydrogen-bond acceptors (Lipinski definition) is 5. The molecular weight excluding hydrogens is 310 g/mol. The average molecular weight is 326 g/mol. The molecule has 1 aromatic carbocycles. The van der Waals surface area contributed by atoms with E-state index in [-0.39, 0.29) is 17.1 Å². The molecular formula is C15H16ClNO5. The Kier molecular flexibility index (Phi) is 7.06. The van der Waals surface area contributed by atoms with Gasteiger partial charge in [-0.15, -0.1) is 6.42 Å². The van der Waals surface area contributed by atoms with E-state index in [4.69, 9.17) is 32.2 Å². The van der Waals surface area contributed by atoms with E-state index in [2.05, 4.69) is 11.2 Å². The Bertz CT molecular complexity index is 594. The number of halogens is 1. The van der Waals surface area contributed by atoms with Crippen molar-refractivity contribution in [2.75, 3.05) is 26.9 Å². The van der Waals surface area contributed by atoms with Crippen LogP contribution in [0.15, 0.2) is 12.1 Å². The zero-order valence-electron chi connectivity index (χ0n) is 12.3. The van der Waals surface area contributed by atoms with Crippen molar-refractivity contribution < 1.29 is 23.8 Å².